The Morgan fingerprint density at radius 1 is 1.00 bits per heavy atom. The molecule has 0 radical (unpaired) electrons. The van der Waals surface area contributed by atoms with Crippen LogP contribution in [0.25, 0.3) is 16.9 Å². The Morgan fingerprint density at radius 2 is 1.67 bits per heavy atom. The van der Waals surface area contributed by atoms with Gasteiger partial charge >= 0.3 is 0 Å². The summed E-state index contributed by atoms with van der Waals surface area (Å²) in [5.41, 5.74) is 5.15. The van der Waals surface area contributed by atoms with E-state index >= 15 is 0 Å². The van der Waals surface area contributed by atoms with Gasteiger partial charge in [-0.2, -0.15) is 0 Å². The van der Waals surface area contributed by atoms with Crippen molar-refractivity contribution in [3.05, 3.63) is 76.9 Å². The number of benzene rings is 2. The van der Waals surface area contributed by atoms with Gasteiger partial charge in [-0.3, -0.25) is 0 Å². The van der Waals surface area contributed by atoms with Gasteiger partial charge in [0, 0.05) is 22.4 Å². The third-order valence-corrected chi connectivity index (χ3v) is 4.23. The number of carboxylic acid groups (broad SMARTS) is 1. The van der Waals surface area contributed by atoms with Crippen LogP contribution in [-0.4, -0.2) is 10.5 Å². The van der Waals surface area contributed by atoms with Gasteiger partial charge in [0.05, 0.1) is 5.69 Å². The summed E-state index contributed by atoms with van der Waals surface area (Å²) in [5.74, 6) is -1.04. The number of carbonyl (C=O) groups is 1. The van der Waals surface area contributed by atoms with Gasteiger partial charge in [0.1, 0.15) is 0 Å². The molecule has 3 nitrogen and oxygen atoms in total. The highest BCUT2D eigenvalue weighted by Gasteiger charge is 2.12. The van der Waals surface area contributed by atoms with Crippen molar-refractivity contribution in [2.24, 2.45) is 0 Å². The number of aryl methyl sites for hydroxylation is 2. The minimum atomic E-state index is -1.04. The Kier molecular flexibility index (Phi) is 4.72. The van der Waals surface area contributed by atoms with E-state index in [1.807, 2.05) is 67.6 Å². The summed E-state index contributed by atoms with van der Waals surface area (Å²) < 4.78 is 2.09. The Balaban J connectivity index is 2.09. The minimum absolute atomic E-state index is 0.00404. The van der Waals surface area contributed by atoms with Gasteiger partial charge < -0.3 is 14.5 Å². The Labute approximate surface area is 146 Å². The number of carbonyl (C=O) groups excluding carboxylic acids is 1. The third kappa shape index (κ3) is 3.52. The number of nitrogens with zero attached hydrogens (tertiary/aromatic N) is 1. The number of aromatic nitrogens is 1. The first-order valence-corrected chi connectivity index (χ1v) is 8.16. The summed E-state index contributed by atoms with van der Waals surface area (Å²) >= 11 is 5.98. The predicted molar refractivity (Wildman–Crippen MR) is 94.3 cm³/mol. The summed E-state index contributed by atoms with van der Waals surface area (Å²) in [6.07, 6.45) is 0.416. The molecular formula is C20H17ClNO2-. The molecule has 0 aliphatic carbocycles. The van der Waals surface area contributed by atoms with Gasteiger partial charge in [-0.1, -0.05) is 41.4 Å². The molecule has 0 bridgehead atoms. The maximum Gasteiger partial charge on any atom is 0.0531 e. The van der Waals surface area contributed by atoms with Crippen LogP contribution in [0.1, 0.15) is 17.7 Å². The second-order valence-electron chi connectivity index (χ2n) is 5.76. The van der Waals surface area contributed by atoms with Gasteiger partial charge in [-0.25, -0.2) is 0 Å². The van der Waals surface area contributed by atoms with Crippen LogP contribution in [-0.2, 0) is 11.2 Å². The van der Waals surface area contributed by atoms with Gasteiger partial charge in [0.25, 0.3) is 0 Å². The molecule has 0 fully saturated rings. The van der Waals surface area contributed by atoms with E-state index in [2.05, 4.69) is 4.57 Å². The monoisotopic (exact) mass is 338 g/mol. The summed E-state index contributed by atoms with van der Waals surface area (Å²) in [4.78, 5) is 10.8. The molecule has 24 heavy (non-hydrogen) atoms. The number of halogens is 1. The number of hydrogen-bond acceptors (Lipinski definition) is 2. The van der Waals surface area contributed by atoms with E-state index in [1.165, 1.54) is 5.56 Å². The third-order valence-electron chi connectivity index (χ3n) is 3.98. The number of rotatable bonds is 5. The van der Waals surface area contributed by atoms with Crippen LogP contribution in [0.3, 0.4) is 0 Å². The lowest BCUT2D eigenvalue weighted by molar-refractivity contribution is -0.305. The molecule has 0 saturated carbocycles. The van der Waals surface area contributed by atoms with E-state index in [0.29, 0.717) is 11.4 Å². The van der Waals surface area contributed by atoms with Crippen LogP contribution >= 0.6 is 11.6 Å². The van der Waals surface area contributed by atoms with Crippen molar-refractivity contribution >= 4 is 17.6 Å². The molecule has 0 aliphatic rings. The van der Waals surface area contributed by atoms with Gasteiger partial charge in [0.2, 0.25) is 0 Å². The quantitative estimate of drug-likeness (QED) is 0.710. The normalized spacial score (nSPS) is 10.8. The average Bonchev–Trinajstić information content (AvgIpc) is 2.98. The van der Waals surface area contributed by atoms with E-state index in [4.69, 9.17) is 11.6 Å². The van der Waals surface area contributed by atoms with E-state index in [9.17, 15) is 9.90 Å². The number of hydrogen-bond donors (Lipinski definition) is 0. The fourth-order valence-corrected chi connectivity index (χ4v) is 2.87. The lowest BCUT2D eigenvalue weighted by Gasteiger charge is -2.15. The maximum absolute atomic E-state index is 10.8. The van der Waals surface area contributed by atoms with Crippen molar-refractivity contribution in [3.8, 4) is 16.9 Å². The fraction of sp³-hybridized carbons (Fsp3) is 0.150. The molecule has 0 saturated heterocycles. The zero-order valence-corrected chi connectivity index (χ0v) is 14.1. The van der Waals surface area contributed by atoms with E-state index < -0.39 is 5.97 Å². The molecule has 1 heterocycles. The Hall–Kier alpha value is -2.52. The predicted octanol–water partition coefficient (Wildman–Crippen LogP) is 3.79. The van der Waals surface area contributed by atoms with E-state index in [0.717, 1.165) is 22.6 Å². The van der Waals surface area contributed by atoms with Gasteiger partial charge in [-0.15, -0.1) is 0 Å². The van der Waals surface area contributed by atoms with Crippen molar-refractivity contribution in [1.29, 1.82) is 0 Å². The molecule has 2 aromatic carbocycles. The molecule has 122 valence electrons. The van der Waals surface area contributed by atoms with Crippen molar-refractivity contribution < 1.29 is 9.90 Å². The highest BCUT2D eigenvalue weighted by Crippen LogP contribution is 2.28. The molecule has 0 unspecified atom stereocenters. The standard InChI is InChI=1S/C20H18ClNO2/c1-14-2-8-17(9-3-14)22-18(11-13-20(23)24)10-12-19(22)15-4-6-16(21)7-5-15/h2-10,12H,11,13H2,1H3,(H,23,24)/p-1. The number of aliphatic carboxylic acids is 1. The molecule has 4 heteroatoms. The molecule has 0 N–H and O–H groups in total. The average molecular weight is 339 g/mol. The lowest BCUT2D eigenvalue weighted by atomic mass is 10.1. The Bertz CT molecular complexity index is 848. The first-order chi connectivity index (χ1) is 11.5. The molecular weight excluding hydrogens is 322 g/mol. The highest BCUT2D eigenvalue weighted by atomic mass is 35.5. The van der Waals surface area contributed by atoms with Crippen LogP contribution < -0.4 is 5.11 Å². The SMILES string of the molecule is Cc1ccc(-n2c(CCC(=O)[O-])ccc2-c2ccc(Cl)cc2)cc1. The molecule has 3 rings (SSSR count). The fourth-order valence-electron chi connectivity index (χ4n) is 2.75. The summed E-state index contributed by atoms with van der Waals surface area (Å²) in [6.45, 7) is 2.04. The van der Waals surface area contributed by atoms with Crippen LogP contribution in [0, 0.1) is 6.92 Å². The second-order valence-corrected chi connectivity index (χ2v) is 6.20. The molecule has 0 atom stereocenters. The van der Waals surface area contributed by atoms with Gasteiger partial charge in [-0.05, 0) is 61.7 Å². The second kappa shape index (κ2) is 6.93. The van der Waals surface area contributed by atoms with Crippen LogP contribution in [0.5, 0.6) is 0 Å². The molecule has 3 aromatic rings. The smallest absolute Gasteiger partial charge is 0.0531 e. The van der Waals surface area contributed by atoms with Crippen LogP contribution in [0.4, 0.5) is 0 Å². The maximum atomic E-state index is 10.8. The minimum Gasteiger partial charge on any atom is -0.550 e. The summed E-state index contributed by atoms with van der Waals surface area (Å²) in [6, 6.07) is 19.8. The summed E-state index contributed by atoms with van der Waals surface area (Å²) in [7, 11) is 0. The largest absolute Gasteiger partial charge is 0.550 e. The lowest BCUT2D eigenvalue weighted by Crippen LogP contribution is -2.22. The first kappa shape index (κ1) is 16.3. The van der Waals surface area contributed by atoms with Crippen molar-refractivity contribution in [2.45, 2.75) is 19.8 Å². The summed E-state index contributed by atoms with van der Waals surface area (Å²) in [5, 5.41) is 11.5. The Morgan fingerprint density at radius 3 is 2.29 bits per heavy atom. The molecule has 1 aromatic heterocycles. The molecule has 0 aliphatic heterocycles. The van der Waals surface area contributed by atoms with E-state index in [1.54, 1.807) is 0 Å². The zero-order valence-electron chi connectivity index (χ0n) is 13.3. The topological polar surface area (TPSA) is 45.1 Å². The van der Waals surface area contributed by atoms with Gasteiger partial charge in [0.15, 0.2) is 0 Å². The van der Waals surface area contributed by atoms with Crippen molar-refractivity contribution in [2.75, 3.05) is 0 Å². The number of carboxylic acids is 1. The first-order valence-electron chi connectivity index (χ1n) is 7.78. The van der Waals surface area contributed by atoms with Crippen LogP contribution in [0.2, 0.25) is 5.02 Å². The molecule has 0 amide bonds. The van der Waals surface area contributed by atoms with Crippen LogP contribution in [0.15, 0.2) is 60.7 Å². The highest BCUT2D eigenvalue weighted by molar-refractivity contribution is 6.30. The van der Waals surface area contributed by atoms with E-state index in [-0.39, 0.29) is 6.42 Å². The zero-order chi connectivity index (χ0) is 17.1. The van der Waals surface area contributed by atoms with Crippen molar-refractivity contribution in [1.82, 2.24) is 4.57 Å². The molecule has 0 spiro atoms. The van der Waals surface area contributed by atoms with Crippen molar-refractivity contribution in [3.63, 3.8) is 0 Å².